The number of aliphatic carboxylic acids is 1. The molecule has 0 radical (unpaired) electrons. The minimum absolute atomic E-state index is 0.100. The summed E-state index contributed by atoms with van der Waals surface area (Å²) in [5.74, 6) is 0.292. The lowest BCUT2D eigenvalue weighted by molar-refractivity contribution is -0.138. The second-order valence-electron chi connectivity index (χ2n) is 8.01. The third-order valence-electron chi connectivity index (χ3n) is 5.14. The molecule has 3 aromatic rings. The number of para-hydroxylation sites is 1. The number of aryl methyl sites for hydroxylation is 1. The fourth-order valence-corrected chi connectivity index (χ4v) is 3.53. The third kappa shape index (κ3) is 6.06. The average molecular weight is 477 g/mol. The molecule has 0 amide bonds. The number of alkyl halides is 3. The molecule has 7 nitrogen and oxygen atoms in total. The molecule has 10 heteroatoms. The molecular weight excluding hydrogens is 451 g/mol. The van der Waals surface area contributed by atoms with Crippen LogP contribution in [0.5, 0.6) is 11.5 Å². The Balaban J connectivity index is 1.71. The van der Waals surface area contributed by atoms with Gasteiger partial charge in [-0.3, -0.25) is 4.79 Å². The van der Waals surface area contributed by atoms with E-state index in [1.807, 2.05) is 13.8 Å². The van der Waals surface area contributed by atoms with Gasteiger partial charge in [0.25, 0.3) is 0 Å². The molecule has 34 heavy (non-hydrogen) atoms. The van der Waals surface area contributed by atoms with Crippen molar-refractivity contribution in [2.24, 2.45) is 0 Å². The zero-order chi connectivity index (χ0) is 24.9. The van der Waals surface area contributed by atoms with E-state index in [1.165, 1.54) is 17.9 Å². The van der Waals surface area contributed by atoms with Gasteiger partial charge in [-0.2, -0.15) is 18.3 Å². The van der Waals surface area contributed by atoms with Crippen LogP contribution in [0.25, 0.3) is 5.82 Å². The van der Waals surface area contributed by atoms with Gasteiger partial charge in [0.1, 0.15) is 0 Å². The monoisotopic (exact) mass is 477 g/mol. The van der Waals surface area contributed by atoms with E-state index >= 15 is 0 Å². The Bertz CT molecular complexity index is 1130. The molecule has 182 valence electrons. The van der Waals surface area contributed by atoms with Crippen LogP contribution in [-0.4, -0.2) is 39.6 Å². The molecule has 1 aromatic carbocycles. The van der Waals surface area contributed by atoms with E-state index in [1.54, 1.807) is 24.4 Å². The maximum atomic E-state index is 12.8. The molecule has 0 bridgehead atoms. The Morgan fingerprint density at radius 3 is 2.53 bits per heavy atom. The number of carbonyl (C=O) groups is 1. The van der Waals surface area contributed by atoms with E-state index in [2.05, 4.69) is 10.1 Å². The highest BCUT2D eigenvalue weighted by atomic mass is 19.4. The van der Waals surface area contributed by atoms with Crippen LogP contribution in [0.3, 0.4) is 0 Å². The largest absolute Gasteiger partial charge is 0.493 e. The minimum Gasteiger partial charge on any atom is -0.493 e. The maximum Gasteiger partial charge on any atom is 0.417 e. The molecule has 0 aliphatic rings. The lowest BCUT2D eigenvalue weighted by atomic mass is 10.0. The van der Waals surface area contributed by atoms with Crippen molar-refractivity contribution < 1.29 is 32.5 Å². The molecule has 0 spiro atoms. The van der Waals surface area contributed by atoms with Gasteiger partial charge < -0.3 is 14.6 Å². The van der Waals surface area contributed by atoms with Gasteiger partial charge in [-0.05, 0) is 42.5 Å². The molecule has 0 aliphatic heterocycles. The summed E-state index contributed by atoms with van der Waals surface area (Å²) in [7, 11) is 1.49. The van der Waals surface area contributed by atoms with Crippen LogP contribution < -0.4 is 9.47 Å². The number of nitrogens with zero attached hydrogens (tertiary/aromatic N) is 3. The Kier molecular flexibility index (Phi) is 7.80. The SMILES string of the molecule is COc1cccc(CC(=O)O)c1OCCCc1cn(-c2ccc(C(F)(F)F)cn2)nc1C(C)C. The number of hydrogen-bond donors (Lipinski definition) is 1. The van der Waals surface area contributed by atoms with E-state index in [9.17, 15) is 18.0 Å². The minimum atomic E-state index is -4.45. The van der Waals surface area contributed by atoms with E-state index in [0.717, 1.165) is 23.5 Å². The summed E-state index contributed by atoms with van der Waals surface area (Å²) >= 11 is 0. The van der Waals surface area contributed by atoms with Gasteiger partial charge >= 0.3 is 12.1 Å². The summed E-state index contributed by atoms with van der Waals surface area (Å²) in [6.45, 7) is 4.29. The Morgan fingerprint density at radius 1 is 1.18 bits per heavy atom. The second-order valence-corrected chi connectivity index (χ2v) is 8.01. The normalized spacial score (nSPS) is 11.6. The number of rotatable bonds is 10. The number of carboxylic acids is 1. The first kappa shape index (κ1) is 25.1. The summed E-state index contributed by atoms with van der Waals surface area (Å²) in [4.78, 5) is 15.1. The molecule has 0 aliphatic carbocycles. The van der Waals surface area contributed by atoms with Crippen LogP contribution in [-0.2, 0) is 23.8 Å². The molecular formula is C24H26F3N3O4. The Hall–Kier alpha value is -3.56. The zero-order valence-electron chi connectivity index (χ0n) is 19.1. The number of hydrogen-bond acceptors (Lipinski definition) is 5. The lowest BCUT2D eigenvalue weighted by Crippen LogP contribution is -2.07. The Morgan fingerprint density at radius 2 is 1.94 bits per heavy atom. The van der Waals surface area contributed by atoms with Crippen molar-refractivity contribution in [2.45, 2.75) is 45.2 Å². The summed E-state index contributed by atoms with van der Waals surface area (Å²) < 4.78 is 51.1. The molecule has 0 unspecified atom stereocenters. The molecule has 0 saturated heterocycles. The fourth-order valence-electron chi connectivity index (χ4n) is 3.53. The van der Waals surface area contributed by atoms with Gasteiger partial charge in [-0.25, -0.2) is 9.67 Å². The van der Waals surface area contributed by atoms with Crippen LogP contribution in [0.2, 0.25) is 0 Å². The number of ether oxygens (including phenoxy) is 2. The van der Waals surface area contributed by atoms with Crippen LogP contribution in [0, 0.1) is 0 Å². The molecule has 2 heterocycles. The van der Waals surface area contributed by atoms with Crippen molar-refractivity contribution in [1.82, 2.24) is 14.8 Å². The molecule has 0 fully saturated rings. The number of benzene rings is 1. The smallest absolute Gasteiger partial charge is 0.417 e. The standard InChI is InChI=1S/C24H26F3N3O4/c1-15(2)22-17(14-30(29-22)20-10-9-18(13-28-20)24(25,26)27)7-5-11-34-23-16(12-21(31)32)6-4-8-19(23)33-3/h4,6,8-10,13-15H,5,7,11-12H2,1-3H3,(H,31,32). The summed E-state index contributed by atoms with van der Waals surface area (Å²) in [6.07, 6.45) is -0.855. The molecule has 0 saturated carbocycles. The van der Waals surface area contributed by atoms with Crippen LogP contribution in [0.1, 0.15) is 48.6 Å². The van der Waals surface area contributed by atoms with Crippen molar-refractivity contribution in [2.75, 3.05) is 13.7 Å². The number of halogens is 3. The lowest BCUT2D eigenvalue weighted by Gasteiger charge is -2.14. The van der Waals surface area contributed by atoms with Crippen LogP contribution in [0.4, 0.5) is 13.2 Å². The fraction of sp³-hybridized carbons (Fsp3) is 0.375. The average Bonchev–Trinajstić information content (AvgIpc) is 3.21. The van der Waals surface area contributed by atoms with E-state index in [0.29, 0.717) is 42.3 Å². The van der Waals surface area contributed by atoms with Gasteiger partial charge in [-0.1, -0.05) is 26.0 Å². The van der Waals surface area contributed by atoms with Crippen molar-refractivity contribution >= 4 is 5.97 Å². The summed E-state index contributed by atoms with van der Waals surface area (Å²) in [5, 5.41) is 13.7. The predicted molar refractivity (Wildman–Crippen MR) is 119 cm³/mol. The highest BCUT2D eigenvalue weighted by molar-refractivity contribution is 5.72. The zero-order valence-corrected chi connectivity index (χ0v) is 19.1. The molecule has 1 N–H and O–H groups in total. The quantitative estimate of drug-likeness (QED) is 0.411. The van der Waals surface area contributed by atoms with Crippen LogP contribution >= 0.6 is 0 Å². The topological polar surface area (TPSA) is 86.5 Å². The first-order valence-corrected chi connectivity index (χ1v) is 10.7. The van der Waals surface area contributed by atoms with E-state index in [4.69, 9.17) is 14.6 Å². The molecule has 2 aromatic heterocycles. The predicted octanol–water partition coefficient (Wildman–Crippen LogP) is 5.06. The van der Waals surface area contributed by atoms with Gasteiger partial charge in [-0.15, -0.1) is 0 Å². The van der Waals surface area contributed by atoms with Gasteiger partial charge in [0.05, 0.1) is 31.4 Å². The maximum absolute atomic E-state index is 12.8. The van der Waals surface area contributed by atoms with Gasteiger partial charge in [0, 0.05) is 18.0 Å². The number of aromatic nitrogens is 3. The molecule has 0 atom stereocenters. The summed E-state index contributed by atoms with van der Waals surface area (Å²) in [6, 6.07) is 7.37. The van der Waals surface area contributed by atoms with E-state index in [-0.39, 0.29) is 12.3 Å². The van der Waals surface area contributed by atoms with E-state index < -0.39 is 17.7 Å². The first-order chi connectivity index (χ1) is 16.1. The Labute approximate surface area is 195 Å². The van der Waals surface area contributed by atoms with Gasteiger partial charge in [0.15, 0.2) is 17.3 Å². The van der Waals surface area contributed by atoms with Crippen molar-refractivity contribution in [3.63, 3.8) is 0 Å². The first-order valence-electron chi connectivity index (χ1n) is 10.7. The number of pyridine rings is 1. The third-order valence-corrected chi connectivity index (χ3v) is 5.14. The van der Waals surface area contributed by atoms with Crippen molar-refractivity contribution in [1.29, 1.82) is 0 Å². The highest BCUT2D eigenvalue weighted by Gasteiger charge is 2.30. The highest BCUT2D eigenvalue weighted by Crippen LogP contribution is 2.32. The number of carboxylic acid groups (broad SMARTS) is 1. The van der Waals surface area contributed by atoms with Crippen molar-refractivity contribution in [3.05, 3.63) is 65.1 Å². The number of methoxy groups -OCH3 is 1. The van der Waals surface area contributed by atoms with Crippen molar-refractivity contribution in [3.8, 4) is 17.3 Å². The molecule has 3 rings (SSSR count). The van der Waals surface area contributed by atoms with Gasteiger partial charge in [0.2, 0.25) is 0 Å². The summed E-state index contributed by atoms with van der Waals surface area (Å²) in [5.41, 5.74) is 1.47. The van der Waals surface area contributed by atoms with Crippen LogP contribution in [0.15, 0.2) is 42.7 Å². The second kappa shape index (κ2) is 10.6.